The zero-order chi connectivity index (χ0) is 13.2. The highest BCUT2D eigenvalue weighted by atomic mass is 16.2. The van der Waals surface area contributed by atoms with Crippen molar-refractivity contribution in [3.8, 4) is 0 Å². The highest BCUT2D eigenvalue weighted by molar-refractivity contribution is 5.77. The molecule has 2 aliphatic rings. The first-order chi connectivity index (χ1) is 8.57. The van der Waals surface area contributed by atoms with Gasteiger partial charge in [-0.25, -0.2) is 0 Å². The van der Waals surface area contributed by atoms with Crippen molar-refractivity contribution >= 4 is 5.91 Å². The molecule has 0 spiro atoms. The summed E-state index contributed by atoms with van der Waals surface area (Å²) in [5.41, 5.74) is -0.0103. The molecule has 4 heteroatoms. The lowest BCUT2D eigenvalue weighted by Crippen LogP contribution is -2.58. The Morgan fingerprint density at radius 3 is 2.56 bits per heavy atom. The Labute approximate surface area is 111 Å². The standard InChI is InChI=1S/C14H27N3O/c1-4-5-13(18)17-9-6-12(14(17,2)3)16-10-7-15-8-11-16/h12,15H,4-11H2,1-3H3. The smallest absolute Gasteiger partial charge is 0.223 e. The zero-order valence-electron chi connectivity index (χ0n) is 12.0. The minimum absolute atomic E-state index is 0.0103. The third-order valence-electron chi connectivity index (χ3n) is 4.49. The molecule has 1 atom stereocenters. The van der Waals surface area contributed by atoms with E-state index in [4.69, 9.17) is 0 Å². The molecule has 2 saturated heterocycles. The first-order valence-electron chi connectivity index (χ1n) is 7.32. The van der Waals surface area contributed by atoms with Crippen LogP contribution >= 0.6 is 0 Å². The van der Waals surface area contributed by atoms with Gasteiger partial charge in [0.25, 0.3) is 0 Å². The molecule has 0 aromatic rings. The predicted octanol–water partition coefficient (Wildman–Crippen LogP) is 1.07. The average molecular weight is 253 g/mol. The van der Waals surface area contributed by atoms with E-state index in [1.54, 1.807) is 0 Å². The first-order valence-corrected chi connectivity index (χ1v) is 7.32. The van der Waals surface area contributed by atoms with Crippen molar-refractivity contribution in [3.05, 3.63) is 0 Å². The predicted molar refractivity (Wildman–Crippen MR) is 73.5 cm³/mol. The van der Waals surface area contributed by atoms with Gasteiger partial charge >= 0.3 is 0 Å². The Morgan fingerprint density at radius 2 is 1.94 bits per heavy atom. The zero-order valence-corrected chi connectivity index (χ0v) is 12.0. The highest BCUT2D eigenvalue weighted by Gasteiger charge is 2.45. The minimum Gasteiger partial charge on any atom is -0.336 e. The van der Waals surface area contributed by atoms with E-state index < -0.39 is 0 Å². The number of rotatable bonds is 3. The van der Waals surface area contributed by atoms with Gasteiger partial charge in [0.05, 0.1) is 5.54 Å². The molecular formula is C14H27N3O. The van der Waals surface area contributed by atoms with Crippen molar-refractivity contribution in [2.75, 3.05) is 32.7 Å². The number of carbonyl (C=O) groups is 1. The van der Waals surface area contributed by atoms with Gasteiger partial charge < -0.3 is 10.2 Å². The van der Waals surface area contributed by atoms with Crippen LogP contribution in [0.25, 0.3) is 0 Å². The summed E-state index contributed by atoms with van der Waals surface area (Å²) in [6.07, 6.45) is 2.77. The number of carbonyl (C=O) groups excluding carboxylic acids is 1. The van der Waals surface area contributed by atoms with Crippen LogP contribution in [0.2, 0.25) is 0 Å². The quantitative estimate of drug-likeness (QED) is 0.817. The van der Waals surface area contributed by atoms with Crippen molar-refractivity contribution in [2.24, 2.45) is 0 Å². The Bertz CT molecular complexity index is 297. The Hall–Kier alpha value is -0.610. The topological polar surface area (TPSA) is 35.6 Å². The lowest BCUT2D eigenvalue weighted by Gasteiger charge is -2.43. The van der Waals surface area contributed by atoms with Gasteiger partial charge in [0.2, 0.25) is 5.91 Å². The Balaban J connectivity index is 2.04. The second-order valence-electron chi connectivity index (χ2n) is 6.04. The van der Waals surface area contributed by atoms with Crippen molar-refractivity contribution in [2.45, 2.75) is 51.6 Å². The molecule has 2 aliphatic heterocycles. The van der Waals surface area contributed by atoms with Crippen molar-refractivity contribution in [3.63, 3.8) is 0 Å². The van der Waals surface area contributed by atoms with Gasteiger partial charge in [-0.3, -0.25) is 9.69 Å². The molecule has 0 radical (unpaired) electrons. The molecule has 104 valence electrons. The molecule has 0 aromatic carbocycles. The van der Waals surface area contributed by atoms with E-state index in [0.29, 0.717) is 18.4 Å². The fraction of sp³-hybridized carbons (Fsp3) is 0.929. The summed E-state index contributed by atoms with van der Waals surface area (Å²) < 4.78 is 0. The number of hydrogen-bond acceptors (Lipinski definition) is 3. The van der Waals surface area contributed by atoms with Gasteiger partial charge in [-0.2, -0.15) is 0 Å². The molecule has 18 heavy (non-hydrogen) atoms. The van der Waals surface area contributed by atoms with Gasteiger partial charge in [0.15, 0.2) is 0 Å². The van der Waals surface area contributed by atoms with Crippen LogP contribution in [0.3, 0.4) is 0 Å². The van der Waals surface area contributed by atoms with Crippen molar-refractivity contribution in [1.29, 1.82) is 0 Å². The highest BCUT2D eigenvalue weighted by Crippen LogP contribution is 2.33. The van der Waals surface area contributed by atoms with E-state index in [9.17, 15) is 4.79 Å². The van der Waals surface area contributed by atoms with Gasteiger partial charge in [-0.1, -0.05) is 6.92 Å². The maximum atomic E-state index is 12.2. The van der Waals surface area contributed by atoms with Crippen molar-refractivity contribution in [1.82, 2.24) is 15.1 Å². The third kappa shape index (κ3) is 2.54. The van der Waals surface area contributed by atoms with E-state index in [-0.39, 0.29) is 5.54 Å². The number of nitrogens with one attached hydrogen (secondary N) is 1. The fourth-order valence-electron chi connectivity index (χ4n) is 3.49. The summed E-state index contributed by atoms with van der Waals surface area (Å²) >= 11 is 0. The third-order valence-corrected chi connectivity index (χ3v) is 4.49. The summed E-state index contributed by atoms with van der Waals surface area (Å²) in [6.45, 7) is 11.9. The molecule has 1 N–H and O–H groups in total. The molecule has 4 nitrogen and oxygen atoms in total. The molecular weight excluding hydrogens is 226 g/mol. The summed E-state index contributed by atoms with van der Waals surface area (Å²) in [7, 11) is 0. The molecule has 0 aromatic heterocycles. The van der Waals surface area contributed by atoms with Crippen molar-refractivity contribution < 1.29 is 4.79 Å². The van der Waals surface area contributed by atoms with Gasteiger partial charge in [0, 0.05) is 45.2 Å². The van der Waals surface area contributed by atoms with Crippen LogP contribution in [-0.2, 0) is 4.79 Å². The second kappa shape index (κ2) is 5.57. The molecule has 0 aliphatic carbocycles. The normalized spacial score (nSPS) is 28.6. The summed E-state index contributed by atoms with van der Waals surface area (Å²) in [4.78, 5) is 16.9. The van der Waals surface area contributed by atoms with E-state index in [1.165, 1.54) is 0 Å². The van der Waals surface area contributed by atoms with Gasteiger partial charge in [-0.05, 0) is 26.7 Å². The summed E-state index contributed by atoms with van der Waals surface area (Å²) in [5.74, 6) is 0.333. The van der Waals surface area contributed by atoms with E-state index >= 15 is 0 Å². The first kappa shape index (κ1) is 13.8. The Kier molecular flexibility index (Phi) is 4.28. The van der Waals surface area contributed by atoms with E-state index in [1.807, 2.05) is 0 Å². The van der Waals surface area contributed by atoms with Crippen LogP contribution in [-0.4, -0.2) is 60.0 Å². The molecule has 1 amide bonds. The lowest BCUT2D eigenvalue weighted by molar-refractivity contribution is -0.135. The lowest BCUT2D eigenvalue weighted by atomic mass is 9.93. The van der Waals surface area contributed by atoms with Gasteiger partial charge in [0.1, 0.15) is 0 Å². The van der Waals surface area contributed by atoms with E-state index in [2.05, 4.69) is 35.9 Å². The van der Waals surface area contributed by atoms with Crippen LogP contribution in [0.15, 0.2) is 0 Å². The number of nitrogens with zero attached hydrogens (tertiary/aromatic N) is 2. The van der Waals surface area contributed by atoms with Crippen LogP contribution < -0.4 is 5.32 Å². The Morgan fingerprint density at radius 1 is 1.28 bits per heavy atom. The van der Waals surface area contributed by atoms with Gasteiger partial charge in [-0.15, -0.1) is 0 Å². The molecule has 2 rings (SSSR count). The van der Waals surface area contributed by atoms with Crippen LogP contribution in [0.5, 0.6) is 0 Å². The van der Waals surface area contributed by atoms with Crippen LogP contribution in [0, 0.1) is 0 Å². The number of likely N-dealkylation sites (tertiary alicyclic amines) is 1. The molecule has 2 fully saturated rings. The monoisotopic (exact) mass is 253 g/mol. The number of hydrogen-bond donors (Lipinski definition) is 1. The SMILES string of the molecule is CCCC(=O)N1CCC(N2CCNCC2)C1(C)C. The maximum Gasteiger partial charge on any atom is 0.223 e. The number of piperazine rings is 1. The van der Waals surface area contributed by atoms with Crippen LogP contribution in [0.1, 0.15) is 40.0 Å². The summed E-state index contributed by atoms with van der Waals surface area (Å²) in [5, 5.41) is 3.40. The molecule has 0 bridgehead atoms. The van der Waals surface area contributed by atoms with E-state index in [0.717, 1.165) is 45.6 Å². The molecule has 2 heterocycles. The minimum atomic E-state index is -0.0103. The maximum absolute atomic E-state index is 12.2. The largest absolute Gasteiger partial charge is 0.336 e. The number of amides is 1. The second-order valence-corrected chi connectivity index (χ2v) is 6.04. The molecule has 0 saturated carbocycles. The molecule has 1 unspecified atom stereocenters. The average Bonchev–Trinajstić information content (AvgIpc) is 2.66. The summed E-state index contributed by atoms with van der Waals surface area (Å²) in [6, 6.07) is 0.528. The van der Waals surface area contributed by atoms with Crippen LogP contribution in [0.4, 0.5) is 0 Å². The fourth-order valence-corrected chi connectivity index (χ4v) is 3.49.